The van der Waals surface area contributed by atoms with E-state index >= 15 is 0 Å². The predicted molar refractivity (Wildman–Crippen MR) is 93.8 cm³/mol. The van der Waals surface area contributed by atoms with Crippen LogP contribution in [-0.4, -0.2) is 35.2 Å². The van der Waals surface area contributed by atoms with Crippen LogP contribution in [0.4, 0.5) is 0 Å². The Morgan fingerprint density at radius 3 is 2.13 bits per heavy atom. The Morgan fingerprint density at radius 2 is 1.52 bits per heavy atom. The minimum absolute atomic E-state index is 0.158. The van der Waals surface area contributed by atoms with Gasteiger partial charge in [-0.25, -0.2) is 0 Å². The number of halogens is 1. The maximum absolute atomic E-state index is 10.9. The molecule has 3 heteroatoms. The number of piperidine rings is 3. The first-order chi connectivity index (χ1) is 11.2. The van der Waals surface area contributed by atoms with Crippen molar-refractivity contribution in [3.05, 3.63) is 70.7 Å². The van der Waals surface area contributed by atoms with E-state index in [9.17, 15) is 5.11 Å². The molecule has 120 valence electrons. The summed E-state index contributed by atoms with van der Waals surface area (Å²) in [5, 5.41) is 11.7. The number of aliphatic hydroxyl groups is 1. The Bertz CT molecular complexity index is 647. The molecule has 3 saturated heterocycles. The molecule has 3 aliphatic rings. The summed E-state index contributed by atoms with van der Waals surface area (Å²) in [6.45, 7) is 2.20. The zero-order valence-electron chi connectivity index (χ0n) is 13.1. The zero-order valence-corrected chi connectivity index (χ0v) is 13.9. The number of benzene rings is 2. The van der Waals surface area contributed by atoms with Crippen LogP contribution in [-0.2, 0) is 0 Å². The second kappa shape index (κ2) is 6.27. The molecule has 23 heavy (non-hydrogen) atoms. The lowest BCUT2D eigenvalue weighted by Crippen LogP contribution is -2.60. The standard InChI is InChI=1S/C20H22ClNO/c21-17-8-6-15(7-9-17)18(14-4-2-1-3-5-14)19-20(23)16-10-12-22(19)13-11-16/h1-9,16,18-20,23H,10-13H2/t18-,19-,20-/m1/s1. The molecular weight excluding hydrogens is 306 g/mol. The van der Waals surface area contributed by atoms with Crippen molar-refractivity contribution in [1.82, 2.24) is 4.90 Å². The highest BCUT2D eigenvalue weighted by Gasteiger charge is 2.45. The van der Waals surface area contributed by atoms with Gasteiger partial charge in [0.2, 0.25) is 0 Å². The van der Waals surface area contributed by atoms with Gasteiger partial charge in [0.15, 0.2) is 0 Å². The molecule has 3 atom stereocenters. The van der Waals surface area contributed by atoms with E-state index in [1.165, 1.54) is 11.1 Å². The molecule has 1 N–H and O–H groups in total. The van der Waals surface area contributed by atoms with Crippen molar-refractivity contribution < 1.29 is 5.11 Å². The first kappa shape index (κ1) is 15.2. The average molecular weight is 328 g/mol. The van der Waals surface area contributed by atoms with Crippen LogP contribution in [0.5, 0.6) is 0 Å². The van der Waals surface area contributed by atoms with Gasteiger partial charge in [0.05, 0.1) is 6.10 Å². The van der Waals surface area contributed by atoms with Gasteiger partial charge in [-0.15, -0.1) is 0 Å². The van der Waals surface area contributed by atoms with Crippen LogP contribution in [0, 0.1) is 5.92 Å². The molecule has 3 aliphatic heterocycles. The monoisotopic (exact) mass is 327 g/mol. The topological polar surface area (TPSA) is 23.5 Å². The van der Waals surface area contributed by atoms with Crippen LogP contribution in [0.2, 0.25) is 5.02 Å². The first-order valence-electron chi connectivity index (χ1n) is 8.46. The third-order valence-electron chi connectivity index (χ3n) is 5.56. The van der Waals surface area contributed by atoms with Crippen molar-refractivity contribution >= 4 is 11.6 Å². The SMILES string of the molecule is O[C@@H]1C2CCN(CC2)[C@@H]1[C@H](c1ccccc1)c1ccc(Cl)cc1. The second-order valence-electron chi connectivity index (χ2n) is 6.79. The van der Waals surface area contributed by atoms with Gasteiger partial charge in [-0.2, -0.15) is 0 Å². The van der Waals surface area contributed by atoms with Crippen LogP contribution in [0.3, 0.4) is 0 Å². The van der Waals surface area contributed by atoms with Crippen molar-refractivity contribution in [2.45, 2.75) is 30.9 Å². The molecule has 0 aliphatic carbocycles. The number of rotatable bonds is 3. The van der Waals surface area contributed by atoms with E-state index < -0.39 is 0 Å². The number of aliphatic hydroxyl groups excluding tert-OH is 1. The molecule has 2 nitrogen and oxygen atoms in total. The summed E-state index contributed by atoms with van der Waals surface area (Å²) >= 11 is 6.08. The van der Waals surface area contributed by atoms with Crippen molar-refractivity contribution in [1.29, 1.82) is 0 Å². The molecule has 2 aromatic carbocycles. The quantitative estimate of drug-likeness (QED) is 0.923. The Morgan fingerprint density at radius 1 is 0.913 bits per heavy atom. The molecular formula is C20H22ClNO. The number of nitrogens with zero attached hydrogens (tertiary/aromatic N) is 1. The van der Waals surface area contributed by atoms with Gasteiger partial charge in [0.25, 0.3) is 0 Å². The first-order valence-corrected chi connectivity index (χ1v) is 8.84. The summed E-state index contributed by atoms with van der Waals surface area (Å²) in [5.74, 6) is 0.634. The highest BCUT2D eigenvalue weighted by molar-refractivity contribution is 6.30. The lowest BCUT2D eigenvalue weighted by molar-refractivity contribution is -0.0775. The highest BCUT2D eigenvalue weighted by Crippen LogP contribution is 2.42. The van der Waals surface area contributed by atoms with E-state index in [1.54, 1.807) is 0 Å². The van der Waals surface area contributed by atoms with E-state index in [0.717, 1.165) is 31.0 Å². The van der Waals surface area contributed by atoms with Crippen LogP contribution in [0.25, 0.3) is 0 Å². The summed E-state index contributed by atoms with van der Waals surface area (Å²) in [5.41, 5.74) is 2.50. The predicted octanol–water partition coefficient (Wildman–Crippen LogP) is 3.93. The van der Waals surface area contributed by atoms with E-state index in [1.807, 2.05) is 18.2 Å². The summed E-state index contributed by atoms with van der Waals surface area (Å²) in [6, 6.07) is 18.8. The van der Waals surface area contributed by atoms with E-state index in [4.69, 9.17) is 11.6 Å². The zero-order chi connectivity index (χ0) is 15.8. The Hall–Kier alpha value is -1.35. The van der Waals surface area contributed by atoms with Crippen molar-refractivity contribution in [3.8, 4) is 0 Å². The summed E-state index contributed by atoms with van der Waals surface area (Å²) < 4.78 is 0. The largest absolute Gasteiger partial charge is 0.391 e. The number of fused-ring (bicyclic) bond motifs is 3. The second-order valence-corrected chi connectivity index (χ2v) is 7.23. The van der Waals surface area contributed by atoms with Crippen molar-refractivity contribution in [2.24, 2.45) is 5.92 Å². The molecule has 5 rings (SSSR count). The minimum atomic E-state index is -0.251. The fraction of sp³-hybridized carbons (Fsp3) is 0.400. The molecule has 0 spiro atoms. The average Bonchev–Trinajstić information content (AvgIpc) is 2.61. The van der Waals surface area contributed by atoms with Gasteiger partial charge < -0.3 is 5.11 Å². The fourth-order valence-corrected chi connectivity index (χ4v) is 4.51. The van der Waals surface area contributed by atoms with Crippen molar-refractivity contribution in [3.63, 3.8) is 0 Å². The maximum Gasteiger partial charge on any atom is 0.0733 e. The minimum Gasteiger partial charge on any atom is -0.391 e. The van der Waals surface area contributed by atoms with Gasteiger partial charge in [0.1, 0.15) is 0 Å². The summed E-state index contributed by atoms with van der Waals surface area (Å²) in [4.78, 5) is 2.48. The molecule has 0 radical (unpaired) electrons. The summed E-state index contributed by atoms with van der Waals surface area (Å²) in [6.07, 6.45) is 2.00. The molecule has 0 aromatic heterocycles. The number of hydrogen-bond donors (Lipinski definition) is 1. The van der Waals surface area contributed by atoms with Crippen molar-refractivity contribution in [2.75, 3.05) is 13.1 Å². The van der Waals surface area contributed by atoms with Gasteiger partial charge >= 0.3 is 0 Å². The molecule has 3 heterocycles. The smallest absolute Gasteiger partial charge is 0.0733 e. The third-order valence-corrected chi connectivity index (χ3v) is 5.81. The van der Waals surface area contributed by atoms with Gasteiger partial charge in [-0.3, -0.25) is 4.90 Å². The number of hydrogen-bond acceptors (Lipinski definition) is 2. The van der Waals surface area contributed by atoms with Crippen LogP contribution in [0.15, 0.2) is 54.6 Å². The Labute approximate surface area is 142 Å². The molecule has 2 bridgehead atoms. The molecule has 0 unspecified atom stereocenters. The van der Waals surface area contributed by atoms with Gasteiger partial charge in [-0.05, 0) is 55.1 Å². The van der Waals surface area contributed by atoms with Crippen LogP contribution >= 0.6 is 11.6 Å². The maximum atomic E-state index is 10.9. The lowest BCUT2D eigenvalue weighted by atomic mass is 9.72. The Kier molecular flexibility index (Phi) is 4.14. The van der Waals surface area contributed by atoms with Gasteiger partial charge in [-0.1, -0.05) is 54.1 Å². The highest BCUT2D eigenvalue weighted by atomic mass is 35.5. The van der Waals surface area contributed by atoms with Crippen LogP contribution < -0.4 is 0 Å². The normalized spacial score (nSPS) is 31.0. The third kappa shape index (κ3) is 2.80. The Balaban J connectivity index is 1.78. The molecule has 0 amide bonds. The summed E-state index contributed by atoms with van der Waals surface area (Å²) in [7, 11) is 0. The van der Waals surface area contributed by atoms with E-state index in [-0.39, 0.29) is 18.1 Å². The molecule has 2 aromatic rings. The van der Waals surface area contributed by atoms with Gasteiger partial charge in [0, 0.05) is 17.0 Å². The van der Waals surface area contributed by atoms with E-state index in [0.29, 0.717) is 5.92 Å². The molecule has 0 saturated carbocycles. The van der Waals surface area contributed by atoms with E-state index in [2.05, 4.69) is 41.3 Å². The lowest BCUT2D eigenvalue weighted by Gasteiger charge is -2.52. The fourth-order valence-electron chi connectivity index (χ4n) is 4.38. The van der Waals surface area contributed by atoms with Crippen LogP contribution in [0.1, 0.15) is 29.9 Å². The molecule has 3 fully saturated rings.